The Morgan fingerprint density at radius 1 is 1.42 bits per heavy atom. The molecule has 0 aliphatic carbocycles. The van der Waals surface area contributed by atoms with E-state index in [1.54, 1.807) is 0 Å². The van der Waals surface area contributed by atoms with Crippen molar-refractivity contribution < 1.29 is 4.79 Å². The number of rotatable bonds is 5. The van der Waals surface area contributed by atoms with Crippen molar-refractivity contribution in [1.29, 1.82) is 0 Å². The normalized spacial score (nSPS) is 16.2. The minimum Gasteiger partial charge on any atom is -0.341 e. The molecule has 1 saturated heterocycles. The molecule has 8 heteroatoms. The van der Waals surface area contributed by atoms with Crippen molar-refractivity contribution >= 4 is 18.3 Å². The minimum atomic E-state index is 0. The molecule has 1 aliphatic rings. The second-order valence-electron chi connectivity index (χ2n) is 4.64. The van der Waals surface area contributed by atoms with Gasteiger partial charge in [0, 0.05) is 13.1 Å². The number of hydrogen-bond acceptors (Lipinski definition) is 5. The Balaban J connectivity index is 0.00000180. The lowest BCUT2D eigenvalue weighted by molar-refractivity contribution is -0.133. The van der Waals surface area contributed by atoms with Gasteiger partial charge < -0.3 is 10.2 Å². The fourth-order valence-corrected chi connectivity index (χ4v) is 2.23. The van der Waals surface area contributed by atoms with Crippen molar-refractivity contribution in [3.05, 3.63) is 6.33 Å². The lowest BCUT2D eigenvalue weighted by Gasteiger charge is -2.32. The molecule has 7 nitrogen and oxygen atoms in total. The molecule has 1 aliphatic heterocycles. The third-order valence-electron chi connectivity index (χ3n) is 3.34. The Labute approximate surface area is 119 Å². The Kier molecular flexibility index (Phi) is 6.72. The molecule has 0 unspecified atom stereocenters. The van der Waals surface area contributed by atoms with Crippen molar-refractivity contribution in [2.24, 2.45) is 5.92 Å². The quantitative estimate of drug-likeness (QED) is 0.822. The second-order valence-corrected chi connectivity index (χ2v) is 4.64. The summed E-state index contributed by atoms with van der Waals surface area (Å²) in [5.74, 6) is 0.797. The maximum absolute atomic E-state index is 12.0. The van der Waals surface area contributed by atoms with Gasteiger partial charge in [-0.15, -0.1) is 17.5 Å². The molecule has 0 radical (unpaired) electrons. The standard InChI is InChI=1S/C11H20N6O.ClH/c1-2-12-7-10-3-5-16(6-4-10)11(18)8-17-9-13-14-15-17;/h9-10,12H,2-8H2,1H3;1H. The Morgan fingerprint density at radius 3 is 2.74 bits per heavy atom. The van der Waals surface area contributed by atoms with Crippen LogP contribution >= 0.6 is 12.4 Å². The largest absolute Gasteiger partial charge is 0.341 e. The SMILES string of the molecule is CCNCC1CCN(C(=O)Cn2cnnn2)CC1.Cl. The zero-order valence-corrected chi connectivity index (χ0v) is 12.0. The van der Waals surface area contributed by atoms with E-state index < -0.39 is 0 Å². The van der Waals surface area contributed by atoms with Crippen LogP contribution in [0.15, 0.2) is 6.33 Å². The summed E-state index contributed by atoms with van der Waals surface area (Å²) in [4.78, 5) is 13.9. The van der Waals surface area contributed by atoms with Crippen LogP contribution in [-0.4, -0.2) is 57.2 Å². The van der Waals surface area contributed by atoms with E-state index in [-0.39, 0.29) is 24.9 Å². The van der Waals surface area contributed by atoms with Gasteiger partial charge in [0.25, 0.3) is 0 Å². The van der Waals surface area contributed by atoms with Crippen LogP contribution in [0.2, 0.25) is 0 Å². The molecule has 0 aromatic carbocycles. The Hall–Kier alpha value is -1.21. The van der Waals surface area contributed by atoms with Gasteiger partial charge in [-0.05, 0) is 42.3 Å². The summed E-state index contributed by atoms with van der Waals surface area (Å²) in [6.07, 6.45) is 3.62. The average Bonchev–Trinajstić information content (AvgIpc) is 2.89. The van der Waals surface area contributed by atoms with Gasteiger partial charge >= 0.3 is 0 Å². The summed E-state index contributed by atoms with van der Waals surface area (Å²) < 4.78 is 1.47. The third kappa shape index (κ3) is 4.76. The summed E-state index contributed by atoms with van der Waals surface area (Å²) in [5, 5.41) is 14.1. The fraction of sp³-hybridized carbons (Fsp3) is 0.818. The van der Waals surface area contributed by atoms with E-state index in [4.69, 9.17) is 0 Å². The molecule has 19 heavy (non-hydrogen) atoms. The van der Waals surface area contributed by atoms with E-state index >= 15 is 0 Å². The van der Waals surface area contributed by atoms with E-state index in [0.717, 1.165) is 39.0 Å². The molecular weight excluding hydrogens is 268 g/mol. The maximum atomic E-state index is 12.0. The molecule has 0 spiro atoms. The summed E-state index contributed by atoms with van der Waals surface area (Å²) in [6, 6.07) is 0. The van der Waals surface area contributed by atoms with Crippen LogP contribution in [0.4, 0.5) is 0 Å². The predicted octanol–water partition coefficient (Wildman–Crippen LogP) is -0.0570. The van der Waals surface area contributed by atoms with Crippen molar-refractivity contribution in [3.63, 3.8) is 0 Å². The minimum absolute atomic E-state index is 0. The first-order chi connectivity index (χ1) is 8.79. The molecule has 1 amide bonds. The lowest BCUT2D eigenvalue weighted by Crippen LogP contribution is -2.42. The molecule has 1 fully saturated rings. The zero-order chi connectivity index (χ0) is 12.8. The topological polar surface area (TPSA) is 75.9 Å². The predicted molar refractivity (Wildman–Crippen MR) is 72.9 cm³/mol. The van der Waals surface area contributed by atoms with Crippen molar-refractivity contribution in [2.75, 3.05) is 26.2 Å². The highest BCUT2D eigenvalue weighted by Crippen LogP contribution is 2.16. The van der Waals surface area contributed by atoms with Gasteiger partial charge in [0.2, 0.25) is 5.91 Å². The maximum Gasteiger partial charge on any atom is 0.244 e. The van der Waals surface area contributed by atoms with Crippen molar-refractivity contribution in [1.82, 2.24) is 30.4 Å². The lowest BCUT2D eigenvalue weighted by atomic mass is 9.97. The zero-order valence-electron chi connectivity index (χ0n) is 11.2. The van der Waals surface area contributed by atoms with Gasteiger partial charge in [-0.2, -0.15) is 0 Å². The smallest absolute Gasteiger partial charge is 0.244 e. The number of tetrazole rings is 1. The number of nitrogens with zero attached hydrogens (tertiary/aromatic N) is 5. The first-order valence-corrected chi connectivity index (χ1v) is 6.49. The van der Waals surface area contributed by atoms with Crippen LogP contribution in [0.5, 0.6) is 0 Å². The number of likely N-dealkylation sites (tertiary alicyclic amines) is 1. The fourth-order valence-electron chi connectivity index (χ4n) is 2.23. The number of nitrogens with one attached hydrogen (secondary N) is 1. The Bertz CT molecular complexity index is 363. The molecule has 108 valence electrons. The van der Waals surface area contributed by atoms with Crippen LogP contribution in [0, 0.1) is 5.92 Å². The molecule has 2 heterocycles. The summed E-state index contributed by atoms with van der Waals surface area (Å²) in [6.45, 7) is 6.12. The number of halogens is 1. The van der Waals surface area contributed by atoms with Gasteiger partial charge in [-0.25, -0.2) is 4.68 Å². The van der Waals surface area contributed by atoms with Crippen LogP contribution in [-0.2, 0) is 11.3 Å². The van der Waals surface area contributed by atoms with Crippen LogP contribution in [0.1, 0.15) is 19.8 Å². The van der Waals surface area contributed by atoms with Crippen LogP contribution < -0.4 is 5.32 Å². The van der Waals surface area contributed by atoms with Gasteiger partial charge in [0.05, 0.1) is 0 Å². The summed E-state index contributed by atoms with van der Waals surface area (Å²) in [5.41, 5.74) is 0. The highest BCUT2D eigenvalue weighted by Gasteiger charge is 2.22. The van der Waals surface area contributed by atoms with Gasteiger partial charge in [0.15, 0.2) is 0 Å². The number of amides is 1. The van der Waals surface area contributed by atoms with Crippen molar-refractivity contribution in [3.8, 4) is 0 Å². The Morgan fingerprint density at radius 2 is 2.16 bits per heavy atom. The summed E-state index contributed by atoms with van der Waals surface area (Å²) >= 11 is 0. The number of carbonyl (C=O) groups excluding carboxylic acids is 1. The average molecular weight is 289 g/mol. The highest BCUT2D eigenvalue weighted by atomic mass is 35.5. The van der Waals surface area contributed by atoms with Crippen molar-refractivity contribution in [2.45, 2.75) is 26.3 Å². The highest BCUT2D eigenvalue weighted by molar-refractivity contribution is 5.85. The number of carbonyl (C=O) groups is 1. The first kappa shape index (κ1) is 15.8. The molecule has 1 N–H and O–H groups in total. The molecule has 2 rings (SSSR count). The van der Waals surface area contributed by atoms with Gasteiger partial charge in [-0.1, -0.05) is 6.92 Å². The third-order valence-corrected chi connectivity index (χ3v) is 3.34. The van der Waals surface area contributed by atoms with E-state index in [0.29, 0.717) is 5.92 Å². The van der Waals surface area contributed by atoms with E-state index in [1.165, 1.54) is 11.0 Å². The van der Waals surface area contributed by atoms with E-state index in [2.05, 4.69) is 27.8 Å². The van der Waals surface area contributed by atoms with Gasteiger partial charge in [-0.3, -0.25) is 4.79 Å². The first-order valence-electron chi connectivity index (χ1n) is 6.49. The van der Waals surface area contributed by atoms with E-state index in [1.807, 2.05) is 4.90 Å². The van der Waals surface area contributed by atoms with E-state index in [9.17, 15) is 4.79 Å². The monoisotopic (exact) mass is 288 g/mol. The molecular formula is C11H21ClN6O. The van der Waals surface area contributed by atoms with Crippen LogP contribution in [0.3, 0.4) is 0 Å². The van der Waals surface area contributed by atoms with Crippen LogP contribution in [0.25, 0.3) is 0 Å². The molecule has 0 atom stereocenters. The summed E-state index contributed by atoms with van der Waals surface area (Å²) in [7, 11) is 0. The second kappa shape index (κ2) is 8.06. The molecule has 1 aromatic rings. The number of aromatic nitrogens is 4. The molecule has 1 aromatic heterocycles. The molecule has 0 bridgehead atoms. The number of hydrogen-bond donors (Lipinski definition) is 1. The number of piperidine rings is 1. The molecule has 0 saturated carbocycles. The van der Waals surface area contributed by atoms with Gasteiger partial charge in [0.1, 0.15) is 12.9 Å².